The summed E-state index contributed by atoms with van der Waals surface area (Å²) in [4.78, 5) is 11.0. The monoisotopic (exact) mass is 268 g/mol. The maximum Gasteiger partial charge on any atom is 0.321 e. The fraction of sp³-hybridized carbons (Fsp3) is 0.182. The van der Waals surface area contributed by atoms with E-state index in [4.69, 9.17) is 5.11 Å². The summed E-state index contributed by atoms with van der Waals surface area (Å²) in [5.41, 5.74) is 2.11. The Morgan fingerprint density at radius 3 is 2.82 bits per heavy atom. The first-order valence-electron chi connectivity index (χ1n) is 5.16. The van der Waals surface area contributed by atoms with Crippen LogP contribution in [0.3, 0.4) is 0 Å². The first-order valence-corrected chi connectivity index (χ1v) is 6.26. The van der Waals surface area contributed by atoms with E-state index in [-0.39, 0.29) is 0 Å². The molecule has 4 nitrogen and oxygen atoms in total. The van der Waals surface area contributed by atoms with Crippen LogP contribution in [0.25, 0.3) is 10.9 Å². The number of carboxylic acid groups (broad SMARTS) is 1. The fourth-order valence-electron chi connectivity index (χ4n) is 1.88. The van der Waals surface area contributed by atoms with Crippen LogP contribution in [0.4, 0.5) is 0 Å². The van der Waals surface area contributed by atoms with Crippen molar-refractivity contribution in [3.8, 4) is 0 Å². The Labute approximate surface area is 104 Å². The van der Waals surface area contributed by atoms with E-state index >= 15 is 0 Å². The van der Waals surface area contributed by atoms with Crippen molar-refractivity contribution in [2.45, 2.75) is 12.5 Å². The van der Waals surface area contributed by atoms with E-state index in [1.807, 2.05) is 34.8 Å². The van der Waals surface area contributed by atoms with Gasteiger partial charge in [0, 0.05) is 18.0 Å². The third kappa shape index (κ3) is 2.50. The van der Waals surface area contributed by atoms with Crippen LogP contribution in [0.15, 0.2) is 30.5 Å². The van der Waals surface area contributed by atoms with Crippen LogP contribution in [0, 0.1) is 0 Å². The van der Waals surface area contributed by atoms with Crippen molar-refractivity contribution >= 4 is 35.7 Å². The van der Waals surface area contributed by atoms with E-state index in [1.165, 1.54) is 0 Å². The second-order valence-corrected chi connectivity index (χ2v) is 4.73. The normalized spacial score (nSPS) is 12.8. The highest BCUT2D eigenvalue weighted by Crippen LogP contribution is 2.24. The number of benzene rings is 1. The molecule has 0 radical (unpaired) electrons. The van der Waals surface area contributed by atoms with Crippen molar-refractivity contribution in [2.75, 3.05) is 0 Å². The predicted octanol–water partition coefficient (Wildman–Crippen LogP) is 1.65. The number of fused-ring (bicyclic) bond motifs is 1. The SMILES string of the molecule is O=C(O)C(Cc1cn(P)c2ccccc12)NP. The molecule has 0 fully saturated rings. The lowest BCUT2D eigenvalue weighted by atomic mass is 10.1. The van der Waals surface area contributed by atoms with Gasteiger partial charge >= 0.3 is 5.97 Å². The van der Waals surface area contributed by atoms with Gasteiger partial charge in [-0.3, -0.25) is 9.88 Å². The lowest BCUT2D eigenvalue weighted by Gasteiger charge is -2.09. The van der Waals surface area contributed by atoms with Gasteiger partial charge in [0.1, 0.15) is 6.04 Å². The quantitative estimate of drug-likeness (QED) is 0.829. The molecule has 0 aliphatic rings. The summed E-state index contributed by atoms with van der Waals surface area (Å²) in [7, 11) is 4.87. The maximum atomic E-state index is 11.0. The van der Waals surface area contributed by atoms with Gasteiger partial charge in [-0.1, -0.05) is 27.6 Å². The second kappa shape index (κ2) is 5.14. The number of aromatic nitrogens is 1. The van der Waals surface area contributed by atoms with Gasteiger partial charge in [0.25, 0.3) is 0 Å². The molecule has 17 heavy (non-hydrogen) atoms. The van der Waals surface area contributed by atoms with Crippen molar-refractivity contribution in [3.05, 3.63) is 36.0 Å². The zero-order valence-electron chi connectivity index (χ0n) is 9.13. The van der Waals surface area contributed by atoms with E-state index in [0.717, 1.165) is 16.5 Å². The van der Waals surface area contributed by atoms with E-state index < -0.39 is 12.0 Å². The largest absolute Gasteiger partial charge is 0.480 e. The number of aliphatic carboxylic acids is 1. The Kier molecular flexibility index (Phi) is 3.78. The molecule has 2 aromatic rings. The fourth-order valence-corrected chi connectivity index (χ4v) is 2.54. The molecule has 90 valence electrons. The van der Waals surface area contributed by atoms with Crippen molar-refractivity contribution in [1.82, 2.24) is 9.42 Å². The molecular formula is C11H14N2O2P2. The van der Waals surface area contributed by atoms with Crippen molar-refractivity contribution in [2.24, 2.45) is 0 Å². The molecule has 0 bridgehead atoms. The van der Waals surface area contributed by atoms with Crippen molar-refractivity contribution < 1.29 is 9.90 Å². The molecule has 6 heteroatoms. The Morgan fingerprint density at radius 2 is 2.18 bits per heavy atom. The van der Waals surface area contributed by atoms with E-state index in [9.17, 15) is 4.79 Å². The molecule has 1 heterocycles. The van der Waals surface area contributed by atoms with E-state index in [0.29, 0.717) is 6.42 Å². The lowest BCUT2D eigenvalue weighted by Crippen LogP contribution is -2.32. The average molecular weight is 268 g/mol. The summed E-state index contributed by atoms with van der Waals surface area (Å²) in [5, 5.41) is 12.8. The molecule has 0 saturated heterocycles. The molecule has 1 aromatic heterocycles. The molecule has 2 N–H and O–H groups in total. The number of hydrogen-bond donors (Lipinski definition) is 2. The minimum atomic E-state index is -0.847. The maximum absolute atomic E-state index is 11.0. The zero-order valence-corrected chi connectivity index (χ0v) is 11.4. The summed E-state index contributed by atoms with van der Waals surface area (Å²) < 4.78 is 1.94. The van der Waals surface area contributed by atoms with Gasteiger partial charge in [0.05, 0.1) is 5.52 Å². The topological polar surface area (TPSA) is 54.3 Å². The van der Waals surface area contributed by atoms with Gasteiger partial charge in [-0.15, -0.1) is 0 Å². The van der Waals surface area contributed by atoms with Crippen LogP contribution < -0.4 is 5.09 Å². The highest BCUT2D eigenvalue weighted by Gasteiger charge is 2.18. The third-order valence-corrected chi connectivity index (χ3v) is 3.58. The number of carbonyl (C=O) groups is 1. The van der Waals surface area contributed by atoms with Crippen LogP contribution in [0.1, 0.15) is 5.56 Å². The number of rotatable bonds is 4. The molecule has 0 amide bonds. The standard InChI is InChI=1S/C11H14N2O2P2/c14-11(15)9(12-16)5-7-6-13(17)10-4-2-1-3-8(7)10/h1-4,6,9,12H,5,16-17H2,(H,14,15). The van der Waals surface area contributed by atoms with Crippen LogP contribution in [0.2, 0.25) is 0 Å². The highest BCUT2D eigenvalue weighted by atomic mass is 31.0. The van der Waals surface area contributed by atoms with Gasteiger partial charge in [0.15, 0.2) is 0 Å². The number of nitrogens with zero attached hydrogens (tertiary/aromatic N) is 1. The third-order valence-electron chi connectivity index (χ3n) is 2.75. The first-order chi connectivity index (χ1) is 8.13. The van der Waals surface area contributed by atoms with Crippen LogP contribution in [-0.4, -0.2) is 21.5 Å². The summed E-state index contributed by atoms with van der Waals surface area (Å²) in [6.45, 7) is 0. The molecule has 2 rings (SSSR count). The predicted molar refractivity (Wildman–Crippen MR) is 75.0 cm³/mol. The van der Waals surface area contributed by atoms with Gasteiger partial charge in [-0.25, -0.2) is 0 Å². The second-order valence-electron chi connectivity index (χ2n) is 3.84. The Bertz CT molecular complexity index is 553. The van der Waals surface area contributed by atoms with Gasteiger partial charge < -0.3 is 9.44 Å². The molecule has 1 aromatic carbocycles. The molecular weight excluding hydrogens is 254 g/mol. The average Bonchev–Trinajstić information content (AvgIpc) is 2.63. The van der Waals surface area contributed by atoms with Gasteiger partial charge in [-0.2, -0.15) is 0 Å². The minimum absolute atomic E-state index is 0.459. The van der Waals surface area contributed by atoms with E-state index in [2.05, 4.69) is 23.9 Å². The minimum Gasteiger partial charge on any atom is -0.480 e. The molecule has 0 saturated carbocycles. The van der Waals surface area contributed by atoms with Crippen molar-refractivity contribution in [3.63, 3.8) is 0 Å². The summed E-state index contributed by atoms with van der Waals surface area (Å²) in [5.74, 6) is -0.847. The van der Waals surface area contributed by atoms with Gasteiger partial charge in [0.2, 0.25) is 0 Å². The number of para-hydroxylation sites is 1. The highest BCUT2D eigenvalue weighted by molar-refractivity contribution is 7.15. The van der Waals surface area contributed by atoms with Crippen LogP contribution in [-0.2, 0) is 11.2 Å². The van der Waals surface area contributed by atoms with E-state index in [1.54, 1.807) is 0 Å². The van der Waals surface area contributed by atoms with Gasteiger partial charge in [-0.05, 0) is 21.0 Å². The first kappa shape index (κ1) is 12.5. The Balaban J connectivity index is 2.39. The molecule has 0 aliphatic heterocycles. The van der Waals surface area contributed by atoms with Crippen LogP contribution >= 0.6 is 18.8 Å². The smallest absolute Gasteiger partial charge is 0.321 e. The summed E-state index contributed by atoms with van der Waals surface area (Å²) >= 11 is 0. The molecule has 0 aliphatic carbocycles. The molecule has 3 unspecified atom stereocenters. The number of hydrogen-bond acceptors (Lipinski definition) is 2. The molecule has 3 atom stereocenters. The Hall–Kier alpha value is -0.950. The van der Waals surface area contributed by atoms with Crippen LogP contribution in [0.5, 0.6) is 0 Å². The number of carboxylic acids is 1. The summed E-state index contributed by atoms with van der Waals surface area (Å²) in [6, 6.07) is 7.36. The number of nitrogens with one attached hydrogen (secondary N) is 1. The summed E-state index contributed by atoms with van der Waals surface area (Å²) in [6.07, 6.45) is 2.41. The molecule has 0 spiro atoms. The lowest BCUT2D eigenvalue weighted by molar-refractivity contribution is -0.138. The Morgan fingerprint density at radius 1 is 1.47 bits per heavy atom. The zero-order chi connectivity index (χ0) is 12.4. The van der Waals surface area contributed by atoms with Crippen molar-refractivity contribution in [1.29, 1.82) is 0 Å².